The predicted molar refractivity (Wildman–Crippen MR) is 88.8 cm³/mol. The minimum absolute atomic E-state index is 0.0375. The Morgan fingerprint density at radius 3 is 2.55 bits per heavy atom. The summed E-state index contributed by atoms with van der Waals surface area (Å²) >= 11 is 6.00. The largest absolute Gasteiger partial charge is 0.492 e. The SMILES string of the molecule is Cc1ccc(OCCNS(=O)(=O)Cc2ccccc2)cc1Cl. The van der Waals surface area contributed by atoms with E-state index in [1.807, 2.05) is 31.2 Å². The lowest BCUT2D eigenvalue weighted by atomic mass is 10.2. The van der Waals surface area contributed by atoms with Gasteiger partial charge >= 0.3 is 0 Å². The summed E-state index contributed by atoms with van der Waals surface area (Å²) in [5.41, 5.74) is 1.72. The van der Waals surface area contributed by atoms with E-state index >= 15 is 0 Å². The molecule has 0 unspecified atom stereocenters. The molecule has 0 aromatic heterocycles. The molecular weight excluding hydrogens is 322 g/mol. The van der Waals surface area contributed by atoms with Crippen LogP contribution in [0.15, 0.2) is 48.5 Å². The number of aryl methyl sites for hydroxylation is 1. The third-order valence-electron chi connectivity index (χ3n) is 3.04. The van der Waals surface area contributed by atoms with Crippen LogP contribution in [-0.4, -0.2) is 21.6 Å². The zero-order valence-corrected chi connectivity index (χ0v) is 13.8. The Kier molecular flexibility index (Phi) is 5.83. The molecule has 0 heterocycles. The van der Waals surface area contributed by atoms with Gasteiger partial charge < -0.3 is 4.74 Å². The normalized spacial score (nSPS) is 11.4. The Labute approximate surface area is 136 Å². The molecule has 6 heteroatoms. The van der Waals surface area contributed by atoms with Crippen LogP contribution in [0.3, 0.4) is 0 Å². The van der Waals surface area contributed by atoms with Crippen LogP contribution in [0.4, 0.5) is 0 Å². The fourth-order valence-electron chi connectivity index (χ4n) is 1.87. The van der Waals surface area contributed by atoms with Gasteiger partial charge in [-0.1, -0.05) is 48.0 Å². The summed E-state index contributed by atoms with van der Waals surface area (Å²) < 4.78 is 31.8. The summed E-state index contributed by atoms with van der Waals surface area (Å²) in [5.74, 6) is 0.586. The first-order chi connectivity index (χ1) is 10.5. The minimum atomic E-state index is -3.36. The molecule has 118 valence electrons. The van der Waals surface area contributed by atoms with E-state index in [9.17, 15) is 8.42 Å². The quantitative estimate of drug-likeness (QED) is 0.788. The third-order valence-corrected chi connectivity index (χ3v) is 4.80. The van der Waals surface area contributed by atoms with E-state index in [-0.39, 0.29) is 18.9 Å². The Morgan fingerprint density at radius 2 is 1.86 bits per heavy atom. The summed E-state index contributed by atoms with van der Waals surface area (Å²) in [6.07, 6.45) is 0. The van der Waals surface area contributed by atoms with E-state index in [0.717, 1.165) is 11.1 Å². The van der Waals surface area contributed by atoms with Crippen molar-refractivity contribution in [1.82, 2.24) is 4.72 Å². The summed E-state index contributed by atoms with van der Waals surface area (Å²) in [4.78, 5) is 0. The highest BCUT2D eigenvalue weighted by atomic mass is 35.5. The van der Waals surface area contributed by atoms with Crippen molar-refractivity contribution in [2.45, 2.75) is 12.7 Å². The fraction of sp³-hybridized carbons (Fsp3) is 0.250. The van der Waals surface area contributed by atoms with Crippen molar-refractivity contribution in [2.75, 3.05) is 13.2 Å². The van der Waals surface area contributed by atoms with Crippen LogP contribution in [-0.2, 0) is 15.8 Å². The van der Waals surface area contributed by atoms with Gasteiger partial charge in [-0.2, -0.15) is 0 Å². The summed E-state index contributed by atoms with van der Waals surface area (Å²) in [6.45, 7) is 2.36. The molecule has 0 spiro atoms. The first-order valence-corrected chi connectivity index (χ1v) is 8.89. The van der Waals surface area contributed by atoms with E-state index < -0.39 is 10.0 Å². The summed E-state index contributed by atoms with van der Waals surface area (Å²) in [6, 6.07) is 14.4. The lowest BCUT2D eigenvalue weighted by molar-refractivity contribution is 0.323. The van der Waals surface area contributed by atoms with Gasteiger partial charge in [-0.3, -0.25) is 0 Å². The van der Waals surface area contributed by atoms with Gasteiger partial charge in [0.25, 0.3) is 0 Å². The average molecular weight is 340 g/mol. The average Bonchev–Trinajstić information content (AvgIpc) is 2.48. The number of nitrogens with one attached hydrogen (secondary N) is 1. The van der Waals surface area contributed by atoms with Crippen molar-refractivity contribution < 1.29 is 13.2 Å². The highest BCUT2D eigenvalue weighted by Gasteiger charge is 2.10. The zero-order chi connectivity index (χ0) is 16.0. The second-order valence-electron chi connectivity index (χ2n) is 4.90. The molecule has 1 N–H and O–H groups in total. The van der Waals surface area contributed by atoms with Crippen LogP contribution < -0.4 is 9.46 Å². The predicted octanol–water partition coefficient (Wildman–Crippen LogP) is 3.15. The van der Waals surface area contributed by atoms with E-state index in [0.29, 0.717) is 10.8 Å². The molecule has 2 aromatic carbocycles. The molecule has 0 saturated carbocycles. The van der Waals surface area contributed by atoms with E-state index in [2.05, 4.69) is 4.72 Å². The van der Waals surface area contributed by atoms with Crippen molar-refractivity contribution in [3.8, 4) is 5.75 Å². The maximum Gasteiger partial charge on any atom is 0.215 e. The molecule has 22 heavy (non-hydrogen) atoms. The number of ether oxygens (including phenoxy) is 1. The van der Waals surface area contributed by atoms with Gasteiger partial charge in [0.15, 0.2) is 0 Å². The van der Waals surface area contributed by atoms with Gasteiger partial charge in [0.2, 0.25) is 10.0 Å². The van der Waals surface area contributed by atoms with Crippen LogP contribution in [0, 0.1) is 6.92 Å². The lowest BCUT2D eigenvalue weighted by Gasteiger charge is -2.09. The third kappa shape index (κ3) is 5.33. The van der Waals surface area contributed by atoms with Crippen LogP contribution in [0.25, 0.3) is 0 Å². The zero-order valence-electron chi connectivity index (χ0n) is 12.3. The van der Waals surface area contributed by atoms with E-state index in [4.69, 9.17) is 16.3 Å². The Bertz CT molecular complexity index is 717. The molecule has 2 aromatic rings. The van der Waals surface area contributed by atoms with Crippen LogP contribution in [0.5, 0.6) is 5.75 Å². The van der Waals surface area contributed by atoms with Crippen LogP contribution in [0.2, 0.25) is 5.02 Å². The summed E-state index contributed by atoms with van der Waals surface area (Å²) in [7, 11) is -3.36. The highest BCUT2D eigenvalue weighted by molar-refractivity contribution is 7.88. The summed E-state index contributed by atoms with van der Waals surface area (Å²) in [5, 5.41) is 0.627. The number of benzene rings is 2. The second kappa shape index (κ2) is 7.63. The van der Waals surface area contributed by atoms with Crippen molar-refractivity contribution in [3.05, 3.63) is 64.7 Å². The van der Waals surface area contributed by atoms with Gasteiger partial charge in [-0.25, -0.2) is 13.1 Å². The number of rotatable bonds is 7. The molecule has 0 saturated heterocycles. The molecule has 0 aliphatic heterocycles. The van der Waals surface area contributed by atoms with Crippen molar-refractivity contribution >= 4 is 21.6 Å². The van der Waals surface area contributed by atoms with Crippen LogP contribution >= 0.6 is 11.6 Å². The smallest absolute Gasteiger partial charge is 0.215 e. The lowest BCUT2D eigenvalue weighted by Crippen LogP contribution is -2.29. The molecular formula is C16H18ClNO3S. The number of sulfonamides is 1. The number of halogens is 1. The Hall–Kier alpha value is -1.56. The van der Waals surface area contributed by atoms with E-state index in [1.54, 1.807) is 24.3 Å². The monoisotopic (exact) mass is 339 g/mol. The van der Waals surface area contributed by atoms with Crippen molar-refractivity contribution in [2.24, 2.45) is 0 Å². The first-order valence-electron chi connectivity index (χ1n) is 6.86. The highest BCUT2D eigenvalue weighted by Crippen LogP contribution is 2.21. The molecule has 0 atom stereocenters. The van der Waals surface area contributed by atoms with Crippen molar-refractivity contribution in [1.29, 1.82) is 0 Å². The van der Waals surface area contributed by atoms with Gasteiger partial charge in [0.05, 0.1) is 5.75 Å². The van der Waals surface area contributed by atoms with Gasteiger partial charge in [-0.15, -0.1) is 0 Å². The molecule has 2 rings (SSSR count). The molecule has 0 fully saturated rings. The fourth-order valence-corrected chi connectivity index (χ4v) is 3.17. The molecule has 0 amide bonds. The second-order valence-corrected chi connectivity index (χ2v) is 7.11. The van der Waals surface area contributed by atoms with E-state index in [1.165, 1.54) is 0 Å². The van der Waals surface area contributed by atoms with Gasteiger partial charge in [0, 0.05) is 11.6 Å². The van der Waals surface area contributed by atoms with Crippen LogP contribution in [0.1, 0.15) is 11.1 Å². The molecule has 0 bridgehead atoms. The first kappa shape index (κ1) is 16.8. The topological polar surface area (TPSA) is 55.4 Å². The molecule has 0 radical (unpaired) electrons. The maximum absolute atomic E-state index is 11.9. The number of hydrogen-bond acceptors (Lipinski definition) is 3. The van der Waals surface area contributed by atoms with Gasteiger partial charge in [0.1, 0.15) is 12.4 Å². The minimum Gasteiger partial charge on any atom is -0.492 e. The molecule has 0 aliphatic rings. The van der Waals surface area contributed by atoms with Gasteiger partial charge in [-0.05, 0) is 30.2 Å². The molecule has 4 nitrogen and oxygen atoms in total. The Morgan fingerprint density at radius 1 is 1.14 bits per heavy atom. The molecule has 0 aliphatic carbocycles. The Balaban J connectivity index is 1.79. The standard InChI is InChI=1S/C16H18ClNO3S/c1-13-7-8-15(11-16(13)17)21-10-9-18-22(19,20)12-14-5-3-2-4-6-14/h2-8,11,18H,9-10,12H2,1H3. The number of hydrogen-bond donors (Lipinski definition) is 1. The maximum atomic E-state index is 11.9. The van der Waals surface area contributed by atoms with Crippen molar-refractivity contribution in [3.63, 3.8) is 0 Å².